The minimum atomic E-state index is -0.334. The molecule has 0 spiro atoms. The number of hydrogen-bond donors (Lipinski definition) is 2. The van der Waals surface area contributed by atoms with Gasteiger partial charge in [0.25, 0.3) is 5.91 Å². The molecule has 0 saturated heterocycles. The first kappa shape index (κ1) is 30.5. The molecule has 0 atom stereocenters. The van der Waals surface area contributed by atoms with Gasteiger partial charge in [-0.25, -0.2) is 10.4 Å². The predicted octanol–water partition coefficient (Wildman–Crippen LogP) is 10.4. The Morgan fingerprint density at radius 3 is 2.31 bits per heavy atom. The van der Waals surface area contributed by atoms with Crippen LogP contribution >= 0.6 is 78.0 Å². The fourth-order valence-electron chi connectivity index (χ4n) is 3.72. The van der Waals surface area contributed by atoms with E-state index in [1.165, 1.54) is 11.3 Å². The van der Waals surface area contributed by atoms with Crippen LogP contribution in [0.15, 0.2) is 98.3 Å². The van der Waals surface area contributed by atoms with Crippen molar-refractivity contribution in [3.8, 4) is 17.0 Å². The van der Waals surface area contributed by atoms with Crippen molar-refractivity contribution in [1.29, 1.82) is 0 Å². The molecule has 1 amide bonds. The number of anilines is 2. The third-order valence-electron chi connectivity index (χ3n) is 5.83. The first-order chi connectivity index (χ1) is 20.2. The van der Waals surface area contributed by atoms with Crippen molar-refractivity contribution < 1.29 is 9.53 Å². The summed E-state index contributed by atoms with van der Waals surface area (Å²) in [5, 5.41) is 11.8. The SMILES string of the molecule is O=C(N/N=C\c1cc(Br)c(OCc2ccc(Cl)cc2Cl)c(Br)c1)c1ccc(-c2csc(Nc3ccc(Cl)cc3)n2)cc1. The molecular formula is C30H19Br2Cl3N4O2S. The van der Waals surface area contributed by atoms with Crippen molar-refractivity contribution in [3.05, 3.63) is 125 Å². The van der Waals surface area contributed by atoms with Gasteiger partial charge in [-0.3, -0.25) is 4.79 Å². The van der Waals surface area contributed by atoms with Gasteiger partial charge >= 0.3 is 0 Å². The molecule has 0 aliphatic heterocycles. The summed E-state index contributed by atoms with van der Waals surface area (Å²) in [7, 11) is 0. The Bertz CT molecular complexity index is 1740. The molecule has 5 aromatic rings. The first-order valence-corrected chi connectivity index (χ1v) is 15.8. The Kier molecular flexibility index (Phi) is 10.2. The molecule has 5 rings (SSSR count). The van der Waals surface area contributed by atoms with Crippen molar-refractivity contribution in [3.63, 3.8) is 0 Å². The Hall–Kier alpha value is -2.92. The summed E-state index contributed by atoms with van der Waals surface area (Å²) >= 11 is 26.7. The number of nitrogens with one attached hydrogen (secondary N) is 2. The number of aromatic nitrogens is 1. The summed E-state index contributed by atoms with van der Waals surface area (Å²) in [6.07, 6.45) is 1.55. The molecule has 12 heteroatoms. The topological polar surface area (TPSA) is 75.6 Å². The second kappa shape index (κ2) is 14.0. The number of ether oxygens (including phenoxy) is 1. The fourth-order valence-corrected chi connectivity index (χ4v) is 6.50. The largest absolute Gasteiger partial charge is 0.486 e. The third kappa shape index (κ3) is 7.92. The summed E-state index contributed by atoms with van der Waals surface area (Å²) in [4.78, 5) is 17.3. The van der Waals surface area contributed by atoms with Crippen LogP contribution in [0.2, 0.25) is 15.1 Å². The zero-order valence-corrected chi connectivity index (χ0v) is 27.6. The van der Waals surface area contributed by atoms with Crippen LogP contribution in [0.1, 0.15) is 21.5 Å². The van der Waals surface area contributed by atoms with Gasteiger partial charge < -0.3 is 10.1 Å². The average molecular weight is 766 g/mol. The smallest absolute Gasteiger partial charge is 0.271 e. The lowest BCUT2D eigenvalue weighted by Crippen LogP contribution is -2.17. The average Bonchev–Trinajstić information content (AvgIpc) is 3.43. The number of carbonyl (C=O) groups excluding carboxylic acids is 1. The van der Waals surface area contributed by atoms with Gasteiger partial charge in [-0.1, -0.05) is 53.0 Å². The monoisotopic (exact) mass is 762 g/mol. The lowest BCUT2D eigenvalue weighted by molar-refractivity contribution is 0.0955. The van der Waals surface area contributed by atoms with Crippen LogP contribution in [0.4, 0.5) is 10.8 Å². The van der Waals surface area contributed by atoms with E-state index in [4.69, 9.17) is 39.5 Å². The Morgan fingerprint density at radius 1 is 0.929 bits per heavy atom. The minimum Gasteiger partial charge on any atom is -0.486 e. The summed E-state index contributed by atoms with van der Waals surface area (Å²) in [6, 6.07) is 23.5. The maximum atomic E-state index is 12.7. The molecule has 4 aromatic carbocycles. The quantitative estimate of drug-likeness (QED) is 0.116. The summed E-state index contributed by atoms with van der Waals surface area (Å²) in [5.74, 6) is 0.273. The van der Waals surface area contributed by atoms with E-state index in [1.54, 1.807) is 30.5 Å². The second-order valence-electron chi connectivity index (χ2n) is 8.78. The normalized spacial score (nSPS) is 11.1. The van der Waals surface area contributed by atoms with Crippen molar-refractivity contribution in [1.82, 2.24) is 10.4 Å². The van der Waals surface area contributed by atoms with Crippen LogP contribution in [0.3, 0.4) is 0 Å². The van der Waals surface area contributed by atoms with Crippen LogP contribution in [-0.2, 0) is 6.61 Å². The van der Waals surface area contributed by atoms with E-state index in [-0.39, 0.29) is 12.5 Å². The van der Waals surface area contributed by atoms with Gasteiger partial charge in [-0.15, -0.1) is 11.3 Å². The predicted molar refractivity (Wildman–Crippen MR) is 180 cm³/mol. The number of thiazole rings is 1. The van der Waals surface area contributed by atoms with Crippen molar-refractivity contribution in [2.45, 2.75) is 6.61 Å². The fraction of sp³-hybridized carbons (Fsp3) is 0.0333. The van der Waals surface area contributed by atoms with Gasteiger partial charge in [0.05, 0.1) is 20.9 Å². The Balaban J connectivity index is 1.17. The molecule has 212 valence electrons. The summed E-state index contributed by atoms with van der Waals surface area (Å²) < 4.78 is 7.37. The molecule has 0 radical (unpaired) electrons. The number of nitrogens with zero attached hydrogens (tertiary/aromatic N) is 2. The van der Waals surface area contributed by atoms with Gasteiger partial charge in [0.2, 0.25) is 0 Å². The number of benzene rings is 4. The van der Waals surface area contributed by atoms with E-state index in [1.807, 2.05) is 60.0 Å². The highest BCUT2D eigenvalue weighted by molar-refractivity contribution is 9.11. The van der Waals surface area contributed by atoms with Crippen LogP contribution < -0.4 is 15.5 Å². The van der Waals surface area contributed by atoms with Gasteiger partial charge in [0, 0.05) is 42.8 Å². The highest BCUT2D eigenvalue weighted by Gasteiger charge is 2.12. The van der Waals surface area contributed by atoms with Gasteiger partial charge in [-0.2, -0.15) is 5.10 Å². The van der Waals surface area contributed by atoms with E-state index in [2.05, 4.69) is 52.7 Å². The lowest BCUT2D eigenvalue weighted by Gasteiger charge is -2.12. The molecule has 0 saturated carbocycles. The molecular weight excluding hydrogens is 747 g/mol. The second-order valence-corrected chi connectivity index (χ2v) is 12.6. The van der Waals surface area contributed by atoms with Crippen molar-refractivity contribution in [2.75, 3.05) is 5.32 Å². The van der Waals surface area contributed by atoms with Crippen LogP contribution in [-0.4, -0.2) is 17.1 Å². The van der Waals surface area contributed by atoms with Gasteiger partial charge in [0.1, 0.15) is 12.4 Å². The summed E-state index contributed by atoms with van der Waals surface area (Å²) in [6.45, 7) is 0.263. The van der Waals surface area contributed by atoms with Crippen LogP contribution in [0, 0.1) is 0 Å². The van der Waals surface area contributed by atoms with Crippen molar-refractivity contribution >= 4 is 101 Å². The molecule has 0 fully saturated rings. The van der Waals surface area contributed by atoms with E-state index < -0.39 is 0 Å². The lowest BCUT2D eigenvalue weighted by atomic mass is 10.1. The number of amides is 1. The molecule has 6 nitrogen and oxygen atoms in total. The van der Waals surface area contributed by atoms with Crippen LogP contribution in [0.5, 0.6) is 5.75 Å². The van der Waals surface area contributed by atoms with E-state index >= 15 is 0 Å². The van der Waals surface area contributed by atoms with Gasteiger partial charge in [0.15, 0.2) is 5.13 Å². The number of hydrazone groups is 1. The van der Waals surface area contributed by atoms with Crippen LogP contribution in [0.25, 0.3) is 11.3 Å². The Morgan fingerprint density at radius 2 is 1.62 bits per heavy atom. The van der Waals surface area contributed by atoms with E-state index in [0.29, 0.717) is 35.3 Å². The Labute approximate surface area is 277 Å². The molecule has 0 bridgehead atoms. The maximum absolute atomic E-state index is 12.7. The van der Waals surface area contributed by atoms with E-state index in [0.717, 1.165) is 33.2 Å². The number of rotatable bonds is 9. The number of hydrogen-bond acceptors (Lipinski definition) is 6. The molecule has 0 unspecified atom stereocenters. The third-order valence-corrected chi connectivity index (χ3v) is 8.60. The van der Waals surface area contributed by atoms with Crippen molar-refractivity contribution in [2.24, 2.45) is 5.10 Å². The zero-order chi connectivity index (χ0) is 29.6. The minimum absolute atomic E-state index is 0.263. The molecule has 1 aromatic heterocycles. The molecule has 42 heavy (non-hydrogen) atoms. The number of halogens is 5. The number of carbonyl (C=O) groups is 1. The molecule has 0 aliphatic carbocycles. The highest BCUT2D eigenvalue weighted by atomic mass is 79.9. The standard InChI is InChI=1S/C30H19Br2Cl3N4O2S/c31-24-11-17(12-25(32)28(24)41-15-20-5-6-22(34)13-26(20)35)14-36-39-29(40)19-3-1-18(2-4-19)27-16-42-30(38-27)37-23-9-7-21(33)8-10-23/h1-14,16H,15H2,(H,37,38)(H,39,40)/b36-14-. The first-order valence-electron chi connectivity index (χ1n) is 12.2. The van der Waals surface area contributed by atoms with Gasteiger partial charge in [-0.05, 0) is 98.1 Å². The highest BCUT2D eigenvalue weighted by Crippen LogP contribution is 2.35. The molecule has 2 N–H and O–H groups in total. The molecule has 1 heterocycles. The zero-order valence-electron chi connectivity index (χ0n) is 21.4. The molecule has 0 aliphatic rings. The summed E-state index contributed by atoms with van der Waals surface area (Å²) in [5.41, 5.74) is 7.19. The van der Waals surface area contributed by atoms with E-state index in [9.17, 15) is 4.79 Å². The maximum Gasteiger partial charge on any atom is 0.271 e.